The fourth-order valence-corrected chi connectivity index (χ4v) is 3.26. The molecule has 3 heteroatoms. The fraction of sp³-hybridized carbons (Fsp3) is 0.333. The van der Waals surface area contributed by atoms with Crippen LogP contribution in [0.3, 0.4) is 0 Å². The molecule has 0 aliphatic rings. The lowest BCUT2D eigenvalue weighted by molar-refractivity contribution is 0.406. The van der Waals surface area contributed by atoms with Gasteiger partial charge in [0.2, 0.25) is 0 Å². The van der Waals surface area contributed by atoms with Gasteiger partial charge in [-0.15, -0.1) is 0 Å². The first-order valence-electron chi connectivity index (χ1n) is 7.11. The number of methoxy groups -OCH3 is 1. The Hall–Kier alpha value is -1.32. The summed E-state index contributed by atoms with van der Waals surface area (Å²) in [5, 5.41) is 3.42. The molecule has 2 rings (SSSR count). The maximum Gasteiger partial charge on any atom is 0.122 e. The van der Waals surface area contributed by atoms with Crippen LogP contribution in [0, 0.1) is 13.8 Å². The van der Waals surface area contributed by atoms with Gasteiger partial charge in [0.15, 0.2) is 0 Å². The van der Waals surface area contributed by atoms with E-state index in [2.05, 4.69) is 65.4 Å². The number of halogens is 1. The van der Waals surface area contributed by atoms with Crippen LogP contribution in [0.4, 0.5) is 0 Å². The van der Waals surface area contributed by atoms with Crippen LogP contribution in [0.1, 0.15) is 28.3 Å². The second-order valence-corrected chi connectivity index (χ2v) is 6.34. The lowest BCUT2D eigenvalue weighted by Crippen LogP contribution is -2.19. The van der Waals surface area contributed by atoms with E-state index in [9.17, 15) is 0 Å². The zero-order valence-electron chi connectivity index (χ0n) is 13.0. The van der Waals surface area contributed by atoms with Crippen molar-refractivity contribution in [2.24, 2.45) is 0 Å². The third kappa shape index (κ3) is 4.08. The van der Waals surface area contributed by atoms with Crippen molar-refractivity contribution < 1.29 is 4.74 Å². The minimum Gasteiger partial charge on any atom is -0.496 e. The molecular weight excluding hydrogens is 326 g/mol. The fourth-order valence-electron chi connectivity index (χ4n) is 2.64. The molecule has 21 heavy (non-hydrogen) atoms. The molecule has 0 aliphatic heterocycles. The van der Waals surface area contributed by atoms with Crippen LogP contribution in [0.25, 0.3) is 0 Å². The van der Waals surface area contributed by atoms with Gasteiger partial charge in [-0.3, -0.25) is 0 Å². The van der Waals surface area contributed by atoms with E-state index in [4.69, 9.17) is 4.74 Å². The first-order chi connectivity index (χ1) is 10.0. The van der Waals surface area contributed by atoms with Crippen LogP contribution in [0.15, 0.2) is 40.9 Å². The highest BCUT2D eigenvalue weighted by Crippen LogP contribution is 2.28. The van der Waals surface area contributed by atoms with E-state index < -0.39 is 0 Å². The quantitative estimate of drug-likeness (QED) is 0.854. The van der Waals surface area contributed by atoms with Crippen LogP contribution in [-0.2, 0) is 6.42 Å². The Morgan fingerprint density at radius 2 is 1.86 bits per heavy atom. The number of hydrogen-bond acceptors (Lipinski definition) is 2. The van der Waals surface area contributed by atoms with Crippen molar-refractivity contribution >= 4 is 15.9 Å². The molecular formula is C18H22BrNO. The van der Waals surface area contributed by atoms with E-state index in [0.717, 1.165) is 16.6 Å². The highest BCUT2D eigenvalue weighted by Gasteiger charge is 2.14. The summed E-state index contributed by atoms with van der Waals surface area (Å²) in [4.78, 5) is 0. The van der Waals surface area contributed by atoms with Crippen molar-refractivity contribution in [3.05, 3.63) is 63.1 Å². The molecule has 0 fully saturated rings. The van der Waals surface area contributed by atoms with Gasteiger partial charge in [-0.2, -0.15) is 0 Å². The molecule has 0 aliphatic carbocycles. The summed E-state index contributed by atoms with van der Waals surface area (Å²) in [5.41, 5.74) is 5.03. The van der Waals surface area contributed by atoms with E-state index in [1.807, 2.05) is 13.1 Å². The maximum absolute atomic E-state index is 5.49. The van der Waals surface area contributed by atoms with Crippen LogP contribution in [0.5, 0.6) is 5.75 Å². The SMILES string of the molecule is CNC(Cc1cc(C)ccc1OC)c1cc(C)cc(Br)c1. The normalized spacial score (nSPS) is 12.2. The Bertz CT molecular complexity index is 604. The first-order valence-corrected chi connectivity index (χ1v) is 7.90. The Balaban J connectivity index is 2.32. The summed E-state index contributed by atoms with van der Waals surface area (Å²) >= 11 is 3.58. The summed E-state index contributed by atoms with van der Waals surface area (Å²) < 4.78 is 6.61. The Labute approximate surface area is 135 Å². The van der Waals surface area contributed by atoms with Gasteiger partial charge in [0, 0.05) is 10.5 Å². The molecule has 0 saturated carbocycles. The molecule has 0 radical (unpaired) electrons. The Morgan fingerprint density at radius 1 is 1.10 bits per heavy atom. The zero-order chi connectivity index (χ0) is 15.4. The van der Waals surface area contributed by atoms with Crippen molar-refractivity contribution in [1.82, 2.24) is 5.32 Å². The molecule has 0 aromatic heterocycles. The summed E-state index contributed by atoms with van der Waals surface area (Å²) in [6, 6.07) is 13.1. The van der Waals surface area contributed by atoms with Gasteiger partial charge in [0.25, 0.3) is 0 Å². The smallest absolute Gasteiger partial charge is 0.122 e. The van der Waals surface area contributed by atoms with Gasteiger partial charge in [0.1, 0.15) is 5.75 Å². The van der Waals surface area contributed by atoms with E-state index in [-0.39, 0.29) is 6.04 Å². The number of hydrogen-bond donors (Lipinski definition) is 1. The number of nitrogens with one attached hydrogen (secondary N) is 1. The molecule has 0 bridgehead atoms. The van der Waals surface area contributed by atoms with Crippen molar-refractivity contribution in [3.8, 4) is 5.75 Å². The summed E-state index contributed by atoms with van der Waals surface area (Å²) in [6.07, 6.45) is 0.900. The molecule has 0 saturated heterocycles. The average molecular weight is 348 g/mol. The van der Waals surface area contributed by atoms with Gasteiger partial charge in [0.05, 0.1) is 7.11 Å². The van der Waals surface area contributed by atoms with E-state index in [1.54, 1.807) is 7.11 Å². The van der Waals surface area contributed by atoms with Crippen LogP contribution < -0.4 is 10.1 Å². The molecule has 0 heterocycles. The number of rotatable bonds is 5. The van der Waals surface area contributed by atoms with Gasteiger partial charge in [-0.25, -0.2) is 0 Å². The number of aryl methyl sites for hydroxylation is 2. The van der Waals surface area contributed by atoms with E-state index >= 15 is 0 Å². The minimum absolute atomic E-state index is 0.261. The van der Waals surface area contributed by atoms with E-state index in [1.165, 1.54) is 22.3 Å². The lowest BCUT2D eigenvalue weighted by Gasteiger charge is -2.19. The number of benzene rings is 2. The van der Waals surface area contributed by atoms with Crippen LogP contribution >= 0.6 is 15.9 Å². The van der Waals surface area contributed by atoms with Gasteiger partial charge in [-0.05, 0) is 62.2 Å². The number of ether oxygens (including phenoxy) is 1. The second kappa shape index (κ2) is 7.10. The molecule has 2 nitrogen and oxygen atoms in total. The third-order valence-electron chi connectivity index (χ3n) is 3.68. The average Bonchev–Trinajstić information content (AvgIpc) is 2.43. The molecule has 112 valence electrons. The largest absolute Gasteiger partial charge is 0.496 e. The number of likely N-dealkylation sites (N-methyl/N-ethyl adjacent to an activating group) is 1. The summed E-state index contributed by atoms with van der Waals surface area (Å²) in [5.74, 6) is 0.951. The van der Waals surface area contributed by atoms with Crippen LogP contribution in [0.2, 0.25) is 0 Å². The third-order valence-corrected chi connectivity index (χ3v) is 4.13. The molecule has 1 atom stereocenters. The summed E-state index contributed by atoms with van der Waals surface area (Å²) in [6.45, 7) is 4.23. The molecule has 0 amide bonds. The Kier molecular flexibility index (Phi) is 5.43. The monoisotopic (exact) mass is 347 g/mol. The Morgan fingerprint density at radius 3 is 2.48 bits per heavy atom. The van der Waals surface area contributed by atoms with Crippen molar-refractivity contribution in [1.29, 1.82) is 0 Å². The molecule has 0 spiro atoms. The lowest BCUT2D eigenvalue weighted by atomic mass is 9.96. The van der Waals surface area contributed by atoms with Gasteiger partial charge in [-0.1, -0.05) is 39.7 Å². The zero-order valence-corrected chi connectivity index (χ0v) is 14.6. The van der Waals surface area contributed by atoms with Crippen molar-refractivity contribution in [2.45, 2.75) is 26.3 Å². The highest BCUT2D eigenvalue weighted by atomic mass is 79.9. The predicted octanol–water partition coefficient (Wildman–Crippen LogP) is 4.58. The molecule has 1 unspecified atom stereocenters. The topological polar surface area (TPSA) is 21.3 Å². The molecule has 2 aromatic carbocycles. The second-order valence-electron chi connectivity index (χ2n) is 5.42. The minimum atomic E-state index is 0.261. The van der Waals surface area contributed by atoms with E-state index in [0.29, 0.717) is 0 Å². The predicted molar refractivity (Wildman–Crippen MR) is 92.1 cm³/mol. The molecule has 1 N–H and O–H groups in total. The maximum atomic E-state index is 5.49. The standard InChI is InChI=1S/C18H22BrNO/c1-12-5-6-18(21-4)15(7-12)11-17(20-3)14-8-13(2)9-16(19)10-14/h5-10,17,20H,11H2,1-4H3. The summed E-state index contributed by atoms with van der Waals surface area (Å²) in [7, 11) is 3.73. The van der Waals surface area contributed by atoms with Gasteiger partial charge < -0.3 is 10.1 Å². The molecule has 2 aromatic rings. The van der Waals surface area contributed by atoms with Crippen molar-refractivity contribution in [3.63, 3.8) is 0 Å². The highest BCUT2D eigenvalue weighted by molar-refractivity contribution is 9.10. The van der Waals surface area contributed by atoms with Gasteiger partial charge >= 0.3 is 0 Å². The first kappa shape index (κ1) is 16.1. The van der Waals surface area contributed by atoms with Crippen molar-refractivity contribution in [2.75, 3.05) is 14.2 Å². The van der Waals surface area contributed by atoms with Crippen LogP contribution in [-0.4, -0.2) is 14.2 Å².